The number of hydrogen-bond acceptors (Lipinski definition) is 6. The van der Waals surface area contributed by atoms with Crippen LogP contribution in [0.5, 0.6) is 5.88 Å². The Balaban J connectivity index is 2.12. The van der Waals surface area contributed by atoms with Crippen molar-refractivity contribution < 1.29 is 19.7 Å². The molecule has 0 radical (unpaired) electrons. The van der Waals surface area contributed by atoms with E-state index in [2.05, 4.69) is 9.97 Å². The normalized spacial score (nSPS) is 18.4. The van der Waals surface area contributed by atoms with Crippen LogP contribution >= 0.6 is 0 Å². The van der Waals surface area contributed by atoms with Crippen LogP contribution in [0, 0.1) is 0 Å². The lowest BCUT2D eigenvalue weighted by molar-refractivity contribution is -0.160. The number of carboxylic acid groups (broad SMARTS) is 1. The molecule has 1 aromatic heterocycles. The van der Waals surface area contributed by atoms with Gasteiger partial charge in [-0.05, 0) is 0 Å². The van der Waals surface area contributed by atoms with Gasteiger partial charge < -0.3 is 19.8 Å². The van der Waals surface area contributed by atoms with Crippen molar-refractivity contribution >= 4 is 11.8 Å². The highest BCUT2D eigenvalue weighted by Gasteiger charge is 2.40. The van der Waals surface area contributed by atoms with E-state index in [9.17, 15) is 9.90 Å². The molecule has 0 unspecified atom stereocenters. The number of ether oxygens (including phenoxy) is 1. The maximum Gasteiger partial charge on any atom is 0.335 e. The highest BCUT2D eigenvalue weighted by molar-refractivity contribution is 5.77. The Labute approximate surface area is 104 Å². The molecule has 18 heavy (non-hydrogen) atoms. The van der Waals surface area contributed by atoms with Crippen LogP contribution in [-0.4, -0.2) is 52.0 Å². The van der Waals surface area contributed by atoms with Gasteiger partial charge in [-0.1, -0.05) is 0 Å². The molecular formula is C11H15N3O4. The van der Waals surface area contributed by atoms with E-state index in [-0.39, 0.29) is 12.8 Å². The van der Waals surface area contributed by atoms with E-state index in [4.69, 9.17) is 9.84 Å². The third-order valence-electron chi connectivity index (χ3n) is 3.13. The van der Waals surface area contributed by atoms with E-state index in [1.54, 1.807) is 6.20 Å². The van der Waals surface area contributed by atoms with Gasteiger partial charge >= 0.3 is 5.97 Å². The Bertz CT molecular complexity index is 444. The van der Waals surface area contributed by atoms with Crippen LogP contribution in [0.3, 0.4) is 0 Å². The summed E-state index contributed by atoms with van der Waals surface area (Å²) >= 11 is 0. The first kappa shape index (κ1) is 12.6. The molecule has 1 aromatic rings. The Hall–Kier alpha value is -1.89. The fourth-order valence-electron chi connectivity index (χ4n) is 1.98. The van der Waals surface area contributed by atoms with Gasteiger partial charge in [0.2, 0.25) is 0 Å². The molecule has 98 valence electrons. The number of nitrogens with zero attached hydrogens (tertiary/aromatic N) is 3. The fraction of sp³-hybridized carbons (Fsp3) is 0.545. The summed E-state index contributed by atoms with van der Waals surface area (Å²) in [6.45, 7) is 0.801. The molecule has 0 aromatic carbocycles. The molecule has 0 atom stereocenters. The minimum atomic E-state index is -1.63. The van der Waals surface area contributed by atoms with Gasteiger partial charge in [0.05, 0.1) is 7.11 Å². The summed E-state index contributed by atoms with van der Waals surface area (Å²) in [5.41, 5.74) is -1.63. The van der Waals surface area contributed by atoms with Crippen LogP contribution in [0.4, 0.5) is 5.82 Å². The Kier molecular flexibility index (Phi) is 3.33. The molecule has 7 heteroatoms. The van der Waals surface area contributed by atoms with Crippen molar-refractivity contribution in [3.8, 4) is 5.88 Å². The van der Waals surface area contributed by atoms with Crippen LogP contribution in [0.25, 0.3) is 0 Å². The second kappa shape index (κ2) is 4.77. The van der Waals surface area contributed by atoms with Crippen LogP contribution in [0.1, 0.15) is 12.8 Å². The third-order valence-corrected chi connectivity index (χ3v) is 3.13. The zero-order valence-electron chi connectivity index (χ0n) is 10.0. The molecule has 2 heterocycles. The van der Waals surface area contributed by atoms with Gasteiger partial charge in [0.15, 0.2) is 11.4 Å². The minimum Gasteiger partial charge on any atom is -0.479 e. The van der Waals surface area contributed by atoms with E-state index in [1.165, 1.54) is 13.3 Å². The van der Waals surface area contributed by atoms with Crippen molar-refractivity contribution in [2.45, 2.75) is 18.4 Å². The third kappa shape index (κ3) is 2.21. The molecule has 0 saturated carbocycles. The molecule has 1 aliphatic rings. The van der Waals surface area contributed by atoms with Crippen LogP contribution in [0.2, 0.25) is 0 Å². The lowest BCUT2D eigenvalue weighted by atomic mass is 9.92. The highest BCUT2D eigenvalue weighted by atomic mass is 16.5. The number of methoxy groups -OCH3 is 1. The lowest BCUT2D eigenvalue weighted by Gasteiger charge is -2.36. The maximum atomic E-state index is 10.9. The molecule has 1 fully saturated rings. The first-order valence-electron chi connectivity index (χ1n) is 5.62. The Morgan fingerprint density at radius 1 is 1.39 bits per heavy atom. The van der Waals surface area contributed by atoms with Gasteiger partial charge in [-0.3, -0.25) is 0 Å². The van der Waals surface area contributed by atoms with Crippen molar-refractivity contribution in [3.63, 3.8) is 0 Å². The molecule has 0 aliphatic carbocycles. The first-order valence-corrected chi connectivity index (χ1v) is 5.62. The number of piperidine rings is 1. The summed E-state index contributed by atoms with van der Waals surface area (Å²) in [5.74, 6) is -0.195. The van der Waals surface area contributed by atoms with Crippen molar-refractivity contribution in [1.82, 2.24) is 9.97 Å². The second-order valence-corrected chi connectivity index (χ2v) is 4.21. The molecule has 2 N–H and O–H groups in total. The van der Waals surface area contributed by atoms with E-state index in [1.807, 2.05) is 4.90 Å². The summed E-state index contributed by atoms with van der Waals surface area (Å²) in [6, 6.07) is 0. The summed E-state index contributed by atoms with van der Waals surface area (Å²) in [6.07, 6.45) is 3.39. The number of aliphatic carboxylic acids is 1. The minimum absolute atomic E-state index is 0.155. The first-order chi connectivity index (χ1) is 8.57. The standard InChI is InChI=1S/C11H15N3O4/c1-18-9-8(12-4-5-13-9)14-6-2-11(17,3-7-14)10(15)16/h4-5,17H,2-3,6-7H2,1H3,(H,15,16). The molecule has 1 saturated heterocycles. The molecule has 7 nitrogen and oxygen atoms in total. The highest BCUT2D eigenvalue weighted by Crippen LogP contribution is 2.29. The summed E-state index contributed by atoms with van der Waals surface area (Å²) < 4.78 is 5.10. The molecule has 2 rings (SSSR count). The summed E-state index contributed by atoms with van der Waals surface area (Å²) in [5, 5.41) is 18.8. The van der Waals surface area contributed by atoms with E-state index in [0.717, 1.165) is 0 Å². The number of aliphatic hydroxyl groups is 1. The van der Waals surface area contributed by atoms with Crippen molar-refractivity contribution in [1.29, 1.82) is 0 Å². The van der Waals surface area contributed by atoms with Gasteiger partial charge in [-0.15, -0.1) is 0 Å². The fourth-order valence-corrected chi connectivity index (χ4v) is 1.98. The molecule has 0 amide bonds. The van der Waals surface area contributed by atoms with Gasteiger partial charge in [-0.2, -0.15) is 0 Å². The zero-order valence-corrected chi connectivity index (χ0v) is 10.0. The van der Waals surface area contributed by atoms with Crippen molar-refractivity contribution in [3.05, 3.63) is 12.4 Å². The van der Waals surface area contributed by atoms with Gasteiger partial charge in [-0.25, -0.2) is 14.8 Å². The average molecular weight is 253 g/mol. The predicted octanol–water partition coefficient (Wildman–Crippen LogP) is -0.0989. The van der Waals surface area contributed by atoms with Crippen LogP contribution < -0.4 is 9.64 Å². The molecule has 1 aliphatic heterocycles. The van der Waals surface area contributed by atoms with Crippen molar-refractivity contribution in [2.75, 3.05) is 25.1 Å². The van der Waals surface area contributed by atoms with Crippen LogP contribution in [0.15, 0.2) is 12.4 Å². The SMILES string of the molecule is COc1nccnc1N1CCC(O)(C(=O)O)CC1. The lowest BCUT2D eigenvalue weighted by Crippen LogP contribution is -2.49. The number of carbonyl (C=O) groups is 1. The number of rotatable bonds is 3. The van der Waals surface area contributed by atoms with E-state index < -0.39 is 11.6 Å². The number of anilines is 1. The quantitative estimate of drug-likeness (QED) is 0.776. The zero-order chi connectivity index (χ0) is 13.2. The van der Waals surface area contributed by atoms with Crippen LogP contribution in [-0.2, 0) is 4.79 Å². The van der Waals surface area contributed by atoms with Gasteiger partial charge in [0, 0.05) is 38.3 Å². The number of carboxylic acids is 1. The molecular weight excluding hydrogens is 238 g/mol. The van der Waals surface area contributed by atoms with Crippen molar-refractivity contribution in [2.24, 2.45) is 0 Å². The number of hydrogen-bond donors (Lipinski definition) is 2. The molecule has 0 bridgehead atoms. The van der Waals surface area contributed by atoms with E-state index >= 15 is 0 Å². The summed E-state index contributed by atoms with van der Waals surface area (Å²) in [7, 11) is 1.51. The topological polar surface area (TPSA) is 95.8 Å². The average Bonchev–Trinajstić information content (AvgIpc) is 2.39. The largest absolute Gasteiger partial charge is 0.479 e. The number of aromatic nitrogens is 2. The van der Waals surface area contributed by atoms with E-state index in [0.29, 0.717) is 24.8 Å². The smallest absolute Gasteiger partial charge is 0.335 e. The molecule has 0 spiro atoms. The Morgan fingerprint density at radius 2 is 2.00 bits per heavy atom. The Morgan fingerprint density at radius 3 is 2.56 bits per heavy atom. The van der Waals surface area contributed by atoms with Gasteiger partial charge in [0.25, 0.3) is 5.88 Å². The summed E-state index contributed by atoms with van der Waals surface area (Å²) in [4.78, 5) is 21.0. The maximum absolute atomic E-state index is 10.9. The van der Waals surface area contributed by atoms with Gasteiger partial charge in [0.1, 0.15) is 0 Å². The monoisotopic (exact) mass is 253 g/mol. The predicted molar refractivity (Wildman–Crippen MR) is 62.6 cm³/mol. The second-order valence-electron chi connectivity index (χ2n) is 4.21.